The molecule has 1 N–H and O–H groups in total. The molecule has 0 atom stereocenters. The third-order valence-corrected chi connectivity index (χ3v) is 1.79. The van der Waals surface area contributed by atoms with Gasteiger partial charge in [0, 0.05) is 17.1 Å². The lowest BCUT2D eigenvalue weighted by Gasteiger charge is -2.05. The zero-order valence-electron chi connectivity index (χ0n) is 8.15. The van der Waals surface area contributed by atoms with Crippen LogP contribution in [-0.2, 0) is 4.79 Å². The average Bonchev–Trinajstić information content (AvgIpc) is 2.03. The van der Waals surface area contributed by atoms with Gasteiger partial charge in [0.1, 0.15) is 0 Å². The largest absolute Gasteiger partial charge is 0.355 e. The van der Waals surface area contributed by atoms with E-state index in [0.717, 1.165) is 10.1 Å². The van der Waals surface area contributed by atoms with Crippen LogP contribution in [0.15, 0.2) is 34.4 Å². The molecule has 0 rings (SSSR count). The fraction of sp³-hybridized carbons (Fsp3) is 0.300. The summed E-state index contributed by atoms with van der Waals surface area (Å²) >= 11 is 3.21. The molecule has 0 spiro atoms. The van der Waals surface area contributed by atoms with Crippen molar-refractivity contribution in [3.63, 3.8) is 0 Å². The normalized spacial score (nSPS) is 12.6. The minimum absolute atomic E-state index is 0.0787. The molecule has 0 radical (unpaired) electrons. The van der Waals surface area contributed by atoms with Crippen molar-refractivity contribution in [1.29, 1.82) is 0 Å². The number of likely N-dealkylation sites (N-methyl/N-ethyl adjacent to an activating group) is 1. The van der Waals surface area contributed by atoms with E-state index in [0.29, 0.717) is 5.57 Å². The molecule has 0 fully saturated rings. The lowest BCUT2D eigenvalue weighted by Crippen LogP contribution is -2.20. The molecule has 3 heteroatoms. The van der Waals surface area contributed by atoms with Crippen LogP contribution < -0.4 is 5.32 Å². The Morgan fingerprint density at radius 1 is 1.54 bits per heavy atom. The second-order valence-corrected chi connectivity index (χ2v) is 3.57. The van der Waals surface area contributed by atoms with E-state index in [4.69, 9.17) is 0 Å². The van der Waals surface area contributed by atoms with Crippen molar-refractivity contribution in [2.75, 3.05) is 7.05 Å². The second kappa shape index (κ2) is 5.75. The van der Waals surface area contributed by atoms with E-state index in [1.807, 2.05) is 19.9 Å². The van der Waals surface area contributed by atoms with Crippen LogP contribution in [0.1, 0.15) is 13.8 Å². The Balaban J connectivity index is 4.81. The molecular formula is C10H14BrNO. The third-order valence-electron chi connectivity index (χ3n) is 1.56. The van der Waals surface area contributed by atoms with Gasteiger partial charge in [-0.05, 0) is 25.5 Å². The van der Waals surface area contributed by atoms with Gasteiger partial charge < -0.3 is 5.32 Å². The quantitative estimate of drug-likeness (QED) is 0.599. The Bertz CT molecular complexity index is 277. The van der Waals surface area contributed by atoms with Gasteiger partial charge >= 0.3 is 0 Å². The highest BCUT2D eigenvalue weighted by molar-refractivity contribution is 9.11. The molecule has 0 aromatic rings. The van der Waals surface area contributed by atoms with Crippen LogP contribution in [0, 0.1) is 0 Å². The highest BCUT2D eigenvalue weighted by atomic mass is 79.9. The van der Waals surface area contributed by atoms with Gasteiger partial charge in [-0.1, -0.05) is 28.6 Å². The van der Waals surface area contributed by atoms with Crippen LogP contribution in [0.3, 0.4) is 0 Å². The van der Waals surface area contributed by atoms with E-state index >= 15 is 0 Å². The van der Waals surface area contributed by atoms with Gasteiger partial charge in [-0.25, -0.2) is 0 Å². The Hall–Kier alpha value is -0.830. The van der Waals surface area contributed by atoms with Gasteiger partial charge in [0.05, 0.1) is 0 Å². The molecule has 0 aromatic carbocycles. The van der Waals surface area contributed by atoms with Crippen LogP contribution in [0.4, 0.5) is 0 Å². The Kier molecular flexibility index (Phi) is 5.39. The van der Waals surface area contributed by atoms with E-state index in [2.05, 4.69) is 27.8 Å². The smallest absolute Gasteiger partial charge is 0.250 e. The van der Waals surface area contributed by atoms with Crippen molar-refractivity contribution in [2.24, 2.45) is 0 Å². The Morgan fingerprint density at radius 3 is 2.38 bits per heavy atom. The summed E-state index contributed by atoms with van der Waals surface area (Å²) in [5.41, 5.74) is 1.56. The first-order valence-electron chi connectivity index (χ1n) is 3.94. The number of hydrogen-bond donors (Lipinski definition) is 1. The minimum Gasteiger partial charge on any atom is -0.355 e. The van der Waals surface area contributed by atoms with Crippen LogP contribution in [0.25, 0.3) is 0 Å². The van der Waals surface area contributed by atoms with Crippen LogP contribution in [0.2, 0.25) is 0 Å². The molecule has 13 heavy (non-hydrogen) atoms. The second-order valence-electron chi connectivity index (χ2n) is 2.56. The predicted octanol–water partition coefficient (Wildman–Crippen LogP) is 2.53. The molecule has 0 bridgehead atoms. The van der Waals surface area contributed by atoms with Crippen molar-refractivity contribution in [3.05, 3.63) is 34.4 Å². The molecule has 0 unspecified atom stereocenters. The molecule has 2 nitrogen and oxygen atoms in total. The minimum atomic E-state index is -0.0787. The van der Waals surface area contributed by atoms with Crippen molar-refractivity contribution in [1.82, 2.24) is 5.32 Å². The molecule has 72 valence electrons. The Morgan fingerprint density at radius 2 is 2.08 bits per heavy atom. The zero-order valence-corrected chi connectivity index (χ0v) is 9.73. The predicted molar refractivity (Wildman–Crippen MR) is 59.6 cm³/mol. The molecular weight excluding hydrogens is 230 g/mol. The first-order chi connectivity index (χ1) is 6.02. The zero-order chi connectivity index (χ0) is 10.4. The standard InChI is InChI=1S/C10H14BrNO/c1-5-9(10(13)12-4)7(2)6-8(3)11/h5-6H,3H2,1-2,4H3,(H,12,13). The summed E-state index contributed by atoms with van der Waals surface area (Å²) in [6.07, 6.45) is 3.59. The number of rotatable bonds is 3. The van der Waals surface area contributed by atoms with Gasteiger partial charge in [0.15, 0.2) is 0 Å². The molecule has 0 aliphatic carbocycles. The summed E-state index contributed by atoms with van der Waals surface area (Å²) in [4.78, 5) is 11.3. The molecule has 0 aliphatic rings. The van der Waals surface area contributed by atoms with Gasteiger partial charge in [0.2, 0.25) is 0 Å². The summed E-state index contributed by atoms with van der Waals surface area (Å²) in [6, 6.07) is 0. The van der Waals surface area contributed by atoms with E-state index in [9.17, 15) is 4.79 Å². The topological polar surface area (TPSA) is 29.1 Å². The lowest BCUT2D eigenvalue weighted by atomic mass is 10.1. The number of nitrogens with one attached hydrogen (secondary N) is 1. The monoisotopic (exact) mass is 243 g/mol. The summed E-state index contributed by atoms with van der Waals surface area (Å²) in [5.74, 6) is -0.0787. The number of carbonyl (C=O) groups is 1. The number of allylic oxidation sites excluding steroid dienone is 3. The average molecular weight is 244 g/mol. The highest BCUT2D eigenvalue weighted by Gasteiger charge is 2.07. The molecule has 0 saturated heterocycles. The van der Waals surface area contributed by atoms with E-state index in [-0.39, 0.29) is 5.91 Å². The first kappa shape index (κ1) is 12.2. The van der Waals surface area contributed by atoms with Gasteiger partial charge in [-0.15, -0.1) is 0 Å². The van der Waals surface area contributed by atoms with E-state index < -0.39 is 0 Å². The number of hydrogen-bond acceptors (Lipinski definition) is 1. The third kappa shape index (κ3) is 4.08. The summed E-state index contributed by atoms with van der Waals surface area (Å²) < 4.78 is 0.758. The number of amides is 1. The molecule has 0 heterocycles. The lowest BCUT2D eigenvalue weighted by molar-refractivity contribution is -0.116. The number of halogens is 1. The van der Waals surface area contributed by atoms with E-state index in [1.165, 1.54) is 0 Å². The maximum atomic E-state index is 11.3. The van der Waals surface area contributed by atoms with Gasteiger partial charge in [-0.2, -0.15) is 0 Å². The highest BCUT2D eigenvalue weighted by Crippen LogP contribution is 2.14. The summed E-state index contributed by atoms with van der Waals surface area (Å²) in [6.45, 7) is 7.38. The van der Waals surface area contributed by atoms with Gasteiger partial charge in [-0.3, -0.25) is 4.79 Å². The fourth-order valence-electron chi connectivity index (χ4n) is 0.985. The Labute approximate surface area is 87.5 Å². The van der Waals surface area contributed by atoms with Crippen molar-refractivity contribution in [3.8, 4) is 0 Å². The SMILES string of the molecule is C=C(Br)C=C(C)C(=CC)C(=O)NC. The van der Waals surface area contributed by atoms with E-state index in [1.54, 1.807) is 13.1 Å². The maximum Gasteiger partial charge on any atom is 0.250 e. The fourth-order valence-corrected chi connectivity index (χ4v) is 1.33. The first-order valence-corrected chi connectivity index (χ1v) is 4.73. The summed E-state index contributed by atoms with van der Waals surface area (Å²) in [5, 5.41) is 2.58. The maximum absolute atomic E-state index is 11.3. The van der Waals surface area contributed by atoms with Gasteiger partial charge in [0.25, 0.3) is 5.91 Å². The van der Waals surface area contributed by atoms with Crippen LogP contribution >= 0.6 is 15.9 Å². The summed E-state index contributed by atoms with van der Waals surface area (Å²) in [7, 11) is 1.61. The molecule has 1 amide bonds. The van der Waals surface area contributed by atoms with Crippen LogP contribution in [0.5, 0.6) is 0 Å². The van der Waals surface area contributed by atoms with Crippen molar-refractivity contribution >= 4 is 21.8 Å². The van der Waals surface area contributed by atoms with Crippen LogP contribution in [-0.4, -0.2) is 13.0 Å². The molecule has 0 aromatic heterocycles. The molecule has 0 aliphatic heterocycles. The van der Waals surface area contributed by atoms with Crippen molar-refractivity contribution < 1.29 is 4.79 Å². The van der Waals surface area contributed by atoms with Crippen molar-refractivity contribution in [2.45, 2.75) is 13.8 Å². The molecule has 0 saturated carbocycles. The number of carbonyl (C=O) groups excluding carboxylic acids is 1.